The zero-order valence-corrected chi connectivity index (χ0v) is 11.7. The molecule has 0 radical (unpaired) electrons. The van der Waals surface area contributed by atoms with Crippen LogP contribution in [0, 0.1) is 0 Å². The second kappa shape index (κ2) is 5.29. The van der Waals surface area contributed by atoms with Crippen LogP contribution in [0.2, 0.25) is 0 Å². The molecule has 0 fully saturated rings. The number of para-hydroxylation sites is 1. The molecule has 0 saturated heterocycles. The lowest BCUT2D eigenvalue weighted by atomic mass is 9.97. The van der Waals surface area contributed by atoms with Crippen molar-refractivity contribution in [2.75, 3.05) is 13.2 Å². The Balaban J connectivity index is 2.24. The number of benzene rings is 1. The summed E-state index contributed by atoms with van der Waals surface area (Å²) in [6, 6.07) is 8.39. The van der Waals surface area contributed by atoms with Gasteiger partial charge in [-0.3, -0.25) is 0 Å². The molecule has 2 unspecified atom stereocenters. The average Bonchev–Trinajstić information content (AvgIpc) is 2.31. The third kappa shape index (κ3) is 3.03. The van der Waals surface area contributed by atoms with Crippen molar-refractivity contribution in [3.8, 4) is 5.75 Å². The van der Waals surface area contributed by atoms with E-state index in [1.54, 1.807) is 0 Å². The largest absolute Gasteiger partial charge is 0.490 e. The number of nitrogens with one attached hydrogen (secondary N) is 1. The molecule has 18 heavy (non-hydrogen) atoms. The SMILES string of the molecule is CCNC1c2ccccc2OCC1OC(C)(C)C. The predicted molar refractivity (Wildman–Crippen MR) is 73.0 cm³/mol. The average molecular weight is 249 g/mol. The first-order valence-electron chi connectivity index (χ1n) is 6.64. The Hall–Kier alpha value is -1.06. The van der Waals surface area contributed by atoms with Gasteiger partial charge in [0.05, 0.1) is 11.6 Å². The lowest BCUT2D eigenvalue weighted by Gasteiger charge is -2.37. The molecular formula is C15H23NO2. The molecule has 0 bridgehead atoms. The number of hydrogen-bond acceptors (Lipinski definition) is 3. The van der Waals surface area contributed by atoms with E-state index in [0.29, 0.717) is 6.61 Å². The molecule has 1 aliphatic rings. The van der Waals surface area contributed by atoms with Gasteiger partial charge in [-0.15, -0.1) is 0 Å². The number of rotatable bonds is 3. The number of hydrogen-bond donors (Lipinski definition) is 1. The van der Waals surface area contributed by atoms with Gasteiger partial charge in [0.15, 0.2) is 0 Å². The molecule has 0 amide bonds. The topological polar surface area (TPSA) is 30.5 Å². The molecular weight excluding hydrogens is 226 g/mol. The predicted octanol–water partition coefficient (Wildman–Crippen LogP) is 2.91. The van der Waals surface area contributed by atoms with Crippen molar-refractivity contribution in [2.45, 2.75) is 45.4 Å². The molecule has 3 heteroatoms. The van der Waals surface area contributed by atoms with E-state index in [2.05, 4.69) is 39.1 Å². The quantitative estimate of drug-likeness (QED) is 0.893. The van der Waals surface area contributed by atoms with Gasteiger partial charge in [0.25, 0.3) is 0 Å². The highest BCUT2D eigenvalue weighted by molar-refractivity contribution is 5.38. The first-order chi connectivity index (χ1) is 8.51. The Morgan fingerprint density at radius 1 is 1.33 bits per heavy atom. The summed E-state index contributed by atoms with van der Waals surface area (Å²) in [5, 5.41) is 3.51. The first-order valence-corrected chi connectivity index (χ1v) is 6.64. The zero-order valence-electron chi connectivity index (χ0n) is 11.7. The van der Waals surface area contributed by atoms with E-state index in [1.807, 2.05) is 18.2 Å². The normalized spacial score (nSPS) is 23.3. The molecule has 2 rings (SSSR count). The Kier molecular flexibility index (Phi) is 3.93. The van der Waals surface area contributed by atoms with Crippen molar-refractivity contribution in [2.24, 2.45) is 0 Å². The van der Waals surface area contributed by atoms with E-state index in [0.717, 1.165) is 12.3 Å². The van der Waals surface area contributed by atoms with E-state index >= 15 is 0 Å². The molecule has 100 valence electrons. The van der Waals surface area contributed by atoms with Crippen LogP contribution in [-0.2, 0) is 4.74 Å². The number of likely N-dealkylation sites (N-methyl/N-ethyl adjacent to an activating group) is 1. The third-order valence-corrected chi connectivity index (χ3v) is 2.96. The fourth-order valence-corrected chi connectivity index (χ4v) is 2.35. The molecule has 2 atom stereocenters. The van der Waals surface area contributed by atoms with E-state index in [1.165, 1.54) is 5.56 Å². The van der Waals surface area contributed by atoms with Crippen molar-refractivity contribution in [1.82, 2.24) is 5.32 Å². The minimum atomic E-state index is -0.159. The summed E-state index contributed by atoms with van der Waals surface area (Å²) in [5.41, 5.74) is 1.04. The summed E-state index contributed by atoms with van der Waals surface area (Å²) in [6.45, 7) is 9.88. The Morgan fingerprint density at radius 3 is 2.72 bits per heavy atom. The van der Waals surface area contributed by atoms with Crippen molar-refractivity contribution in [3.63, 3.8) is 0 Å². The monoisotopic (exact) mass is 249 g/mol. The maximum absolute atomic E-state index is 6.11. The van der Waals surface area contributed by atoms with Crippen LogP contribution in [0.3, 0.4) is 0 Å². The van der Waals surface area contributed by atoms with E-state index in [4.69, 9.17) is 9.47 Å². The lowest BCUT2D eigenvalue weighted by Crippen LogP contribution is -2.44. The third-order valence-electron chi connectivity index (χ3n) is 2.96. The van der Waals surface area contributed by atoms with Gasteiger partial charge < -0.3 is 14.8 Å². The van der Waals surface area contributed by atoms with Gasteiger partial charge in [-0.2, -0.15) is 0 Å². The minimum absolute atomic E-state index is 0.0554. The first kappa shape index (κ1) is 13.4. The highest BCUT2D eigenvalue weighted by Gasteiger charge is 2.33. The van der Waals surface area contributed by atoms with Crippen LogP contribution in [0.1, 0.15) is 39.3 Å². The lowest BCUT2D eigenvalue weighted by molar-refractivity contribution is -0.0977. The van der Waals surface area contributed by atoms with Gasteiger partial charge in [-0.25, -0.2) is 0 Å². The summed E-state index contributed by atoms with van der Waals surface area (Å²) in [6.07, 6.45) is 0.0554. The van der Waals surface area contributed by atoms with Gasteiger partial charge in [0.2, 0.25) is 0 Å². The standard InChI is InChI=1S/C15H23NO2/c1-5-16-14-11-8-6-7-9-12(11)17-10-13(14)18-15(2,3)4/h6-9,13-14,16H,5,10H2,1-4H3. The molecule has 1 aromatic carbocycles. The van der Waals surface area contributed by atoms with Gasteiger partial charge in [0, 0.05) is 5.56 Å². The number of fused-ring (bicyclic) bond motifs is 1. The maximum Gasteiger partial charge on any atom is 0.124 e. The fraction of sp³-hybridized carbons (Fsp3) is 0.600. The molecule has 0 aliphatic carbocycles. The van der Waals surface area contributed by atoms with Crippen LogP contribution in [0.25, 0.3) is 0 Å². The van der Waals surface area contributed by atoms with Gasteiger partial charge >= 0.3 is 0 Å². The molecule has 0 spiro atoms. The maximum atomic E-state index is 6.11. The van der Waals surface area contributed by atoms with Gasteiger partial charge in [0.1, 0.15) is 18.5 Å². The molecule has 0 saturated carbocycles. The van der Waals surface area contributed by atoms with Crippen LogP contribution in [0.4, 0.5) is 0 Å². The van der Waals surface area contributed by atoms with Crippen molar-refractivity contribution < 1.29 is 9.47 Å². The summed E-state index contributed by atoms with van der Waals surface area (Å²) < 4.78 is 11.9. The van der Waals surface area contributed by atoms with E-state index in [-0.39, 0.29) is 17.7 Å². The number of ether oxygens (including phenoxy) is 2. The molecule has 0 aromatic heterocycles. The van der Waals surface area contributed by atoms with Crippen LogP contribution < -0.4 is 10.1 Å². The van der Waals surface area contributed by atoms with Crippen LogP contribution in [0.15, 0.2) is 24.3 Å². The molecule has 3 nitrogen and oxygen atoms in total. The molecule has 1 aliphatic heterocycles. The van der Waals surface area contributed by atoms with Gasteiger partial charge in [-0.1, -0.05) is 25.1 Å². The molecule has 1 heterocycles. The fourth-order valence-electron chi connectivity index (χ4n) is 2.35. The van der Waals surface area contributed by atoms with Gasteiger partial charge in [-0.05, 0) is 33.4 Å². The second-order valence-corrected chi connectivity index (χ2v) is 5.65. The molecule has 1 N–H and O–H groups in total. The summed E-state index contributed by atoms with van der Waals surface area (Å²) >= 11 is 0. The smallest absolute Gasteiger partial charge is 0.124 e. The second-order valence-electron chi connectivity index (χ2n) is 5.65. The highest BCUT2D eigenvalue weighted by Crippen LogP contribution is 2.34. The van der Waals surface area contributed by atoms with Crippen molar-refractivity contribution >= 4 is 0 Å². The van der Waals surface area contributed by atoms with E-state index < -0.39 is 0 Å². The van der Waals surface area contributed by atoms with Crippen molar-refractivity contribution in [1.29, 1.82) is 0 Å². The summed E-state index contributed by atoms with van der Waals surface area (Å²) in [4.78, 5) is 0. The zero-order chi connectivity index (χ0) is 13.2. The van der Waals surface area contributed by atoms with Crippen LogP contribution >= 0.6 is 0 Å². The highest BCUT2D eigenvalue weighted by atomic mass is 16.5. The van der Waals surface area contributed by atoms with E-state index in [9.17, 15) is 0 Å². The van der Waals surface area contributed by atoms with Crippen LogP contribution in [-0.4, -0.2) is 24.9 Å². The Bertz CT molecular complexity index is 398. The minimum Gasteiger partial charge on any atom is -0.490 e. The van der Waals surface area contributed by atoms with Crippen molar-refractivity contribution in [3.05, 3.63) is 29.8 Å². The summed E-state index contributed by atoms with van der Waals surface area (Å²) in [5.74, 6) is 0.970. The van der Waals surface area contributed by atoms with Crippen LogP contribution in [0.5, 0.6) is 5.75 Å². The Morgan fingerprint density at radius 2 is 2.06 bits per heavy atom. The molecule has 1 aromatic rings. The Labute approximate surface area is 109 Å². The summed E-state index contributed by atoms with van der Waals surface area (Å²) in [7, 11) is 0.